The van der Waals surface area contributed by atoms with E-state index in [2.05, 4.69) is 0 Å². The molecule has 2 heterocycles. The minimum absolute atomic E-state index is 0.190. The molecule has 3 aromatic rings. The molecule has 0 spiro atoms. The van der Waals surface area contributed by atoms with Gasteiger partial charge >= 0.3 is 0 Å². The predicted octanol–water partition coefficient (Wildman–Crippen LogP) is 0.948. The molecule has 4 rings (SSSR count). The van der Waals surface area contributed by atoms with Crippen molar-refractivity contribution in [1.29, 1.82) is 0 Å². The number of fused-ring (bicyclic) bond motifs is 1. The van der Waals surface area contributed by atoms with Crippen LogP contribution in [0, 0.1) is 5.82 Å². The maximum absolute atomic E-state index is 14.6. The van der Waals surface area contributed by atoms with Crippen LogP contribution in [0.25, 0.3) is 16.6 Å². The zero-order valence-corrected chi connectivity index (χ0v) is 14.7. The summed E-state index contributed by atoms with van der Waals surface area (Å²) in [6.45, 7) is -0.590. The summed E-state index contributed by atoms with van der Waals surface area (Å²) in [7, 11) is 0. The van der Waals surface area contributed by atoms with Gasteiger partial charge in [0.25, 0.3) is 0 Å². The van der Waals surface area contributed by atoms with Crippen molar-refractivity contribution in [3.8, 4) is 11.4 Å². The van der Waals surface area contributed by atoms with Gasteiger partial charge < -0.3 is 34.5 Å². The van der Waals surface area contributed by atoms with Crippen LogP contribution in [0.3, 0.4) is 0 Å². The third-order valence-electron chi connectivity index (χ3n) is 4.88. The number of ether oxygens (including phenoxy) is 2. The summed E-state index contributed by atoms with van der Waals surface area (Å²) in [6, 6.07) is 13.9. The van der Waals surface area contributed by atoms with Crippen molar-refractivity contribution in [3.63, 3.8) is 0 Å². The molecule has 8 heteroatoms. The second kappa shape index (κ2) is 7.50. The van der Waals surface area contributed by atoms with Crippen molar-refractivity contribution in [1.82, 2.24) is 4.57 Å². The highest BCUT2D eigenvalue weighted by Crippen LogP contribution is 2.28. The van der Waals surface area contributed by atoms with Gasteiger partial charge in [-0.2, -0.15) is 0 Å². The minimum Gasteiger partial charge on any atom is -0.459 e. The van der Waals surface area contributed by atoms with Gasteiger partial charge in [0, 0.05) is 18.0 Å². The number of nitrogens with zero attached hydrogens (tertiary/aromatic N) is 1. The van der Waals surface area contributed by atoms with Crippen LogP contribution in [0.4, 0.5) is 4.39 Å². The standard InChI is InChI=1S/C20H20FNO6/c21-13-9-12(22-8-7-11-3-1-2-4-14(11)22)5-6-15(13)27-20-19(26)18(25)17(24)16(10-23)28-20/h1-9,16-20,23-26H,10H2/t16?,17-,18?,19-,20+/m1/s1. The van der Waals surface area contributed by atoms with E-state index in [-0.39, 0.29) is 5.75 Å². The summed E-state index contributed by atoms with van der Waals surface area (Å²) in [5.74, 6) is -0.878. The van der Waals surface area contributed by atoms with E-state index in [1.54, 1.807) is 6.07 Å². The maximum atomic E-state index is 14.6. The lowest BCUT2D eigenvalue weighted by Gasteiger charge is -2.39. The lowest BCUT2D eigenvalue weighted by Crippen LogP contribution is -2.60. The number of aliphatic hydroxyl groups excluding tert-OH is 4. The molecule has 4 N–H and O–H groups in total. The number of aromatic nitrogens is 1. The summed E-state index contributed by atoms with van der Waals surface area (Å²) in [5.41, 5.74) is 1.50. The van der Waals surface area contributed by atoms with E-state index >= 15 is 0 Å². The molecule has 148 valence electrons. The molecule has 2 unspecified atom stereocenters. The number of para-hydroxylation sites is 1. The topological polar surface area (TPSA) is 104 Å². The van der Waals surface area contributed by atoms with Gasteiger partial charge in [-0.15, -0.1) is 0 Å². The maximum Gasteiger partial charge on any atom is 0.229 e. The monoisotopic (exact) mass is 389 g/mol. The molecule has 0 saturated carbocycles. The van der Waals surface area contributed by atoms with Crippen molar-refractivity contribution in [2.75, 3.05) is 6.61 Å². The Morgan fingerprint density at radius 2 is 1.79 bits per heavy atom. The van der Waals surface area contributed by atoms with E-state index in [9.17, 15) is 24.8 Å². The molecule has 0 aliphatic carbocycles. The van der Waals surface area contributed by atoms with E-state index in [0.29, 0.717) is 5.69 Å². The Hall–Kier alpha value is -2.49. The molecule has 7 nitrogen and oxygen atoms in total. The molecule has 1 fully saturated rings. The molecule has 0 amide bonds. The van der Waals surface area contributed by atoms with E-state index in [0.717, 1.165) is 10.9 Å². The van der Waals surface area contributed by atoms with Crippen LogP contribution < -0.4 is 4.74 Å². The molecule has 1 aliphatic rings. The fourth-order valence-corrected chi connectivity index (χ4v) is 3.33. The second-order valence-corrected chi connectivity index (χ2v) is 6.67. The van der Waals surface area contributed by atoms with Crippen molar-refractivity contribution in [3.05, 3.63) is 60.5 Å². The molecule has 0 radical (unpaired) electrons. The highest BCUT2D eigenvalue weighted by molar-refractivity contribution is 5.81. The van der Waals surface area contributed by atoms with Gasteiger partial charge in [-0.3, -0.25) is 0 Å². The van der Waals surface area contributed by atoms with Gasteiger partial charge in [-0.1, -0.05) is 18.2 Å². The van der Waals surface area contributed by atoms with Crippen molar-refractivity contribution in [2.24, 2.45) is 0 Å². The fourth-order valence-electron chi connectivity index (χ4n) is 3.33. The average Bonchev–Trinajstić information content (AvgIpc) is 3.14. The molecule has 28 heavy (non-hydrogen) atoms. The SMILES string of the molecule is OCC1O[C@H](Oc2ccc(-n3ccc4ccccc43)cc2F)[C@H](O)C(O)[C@@H]1O. The molecule has 2 aromatic carbocycles. The van der Waals surface area contributed by atoms with E-state index in [1.165, 1.54) is 12.1 Å². The molecular formula is C20H20FNO6. The largest absolute Gasteiger partial charge is 0.459 e. The Bertz CT molecular complexity index is 974. The summed E-state index contributed by atoms with van der Waals surface area (Å²) >= 11 is 0. The van der Waals surface area contributed by atoms with Crippen LogP contribution in [0.5, 0.6) is 5.75 Å². The molecule has 0 bridgehead atoms. The number of benzene rings is 2. The first kappa shape index (κ1) is 18.9. The van der Waals surface area contributed by atoms with Crippen LogP contribution in [-0.4, -0.2) is 62.3 Å². The van der Waals surface area contributed by atoms with Gasteiger partial charge in [0.05, 0.1) is 12.1 Å². The van der Waals surface area contributed by atoms with Gasteiger partial charge in [0.2, 0.25) is 6.29 Å². The molecule has 1 aliphatic heterocycles. The van der Waals surface area contributed by atoms with Crippen LogP contribution >= 0.6 is 0 Å². The summed E-state index contributed by atoms with van der Waals surface area (Å²) in [5, 5.41) is 39.9. The Balaban J connectivity index is 1.58. The van der Waals surface area contributed by atoms with Crippen LogP contribution in [0.1, 0.15) is 0 Å². The Labute approximate surface area is 159 Å². The highest BCUT2D eigenvalue weighted by atomic mass is 19.1. The first-order valence-electron chi connectivity index (χ1n) is 8.83. The number of rotatable bonds is 4. The Morgan fingerprint density at radius 1 is 1.00 bits per heavy atom. The molecule has 1 saturated heterocycles. The van der Waals surface area contributed by atoms with E-state index in [1.807, 2.05) is 41.1 Å². The zero-order chi connectivity index (χ0) is 19.8. The lowest BCUT2D eigenvalue weighted by atomic mass is 9.99. The number of hydrogen-bond donors (Lipinski definition) is 4. The van der Waals surface area contributed by atoms with E-state index < -0.39 is 43.1 Å². The number of aliphatic hydroxyl groups is 4. The minimum atomic E-state index is -1.61. The van der Waals surface area contributed by atoms with Crippen molar-refractivity contribution in [2.45, 2.75) is 30.7 Å². The van der Waals surface area contributed by atoms with Gasteiger partial charge in [-0.25, -0.2) is 4.39 Å². The zero-order valence-electron chi connectivity index (χ0n) is 14.7. The van der Waals surface area contributed by atoms with Gasteiger partial charge in [-0.05, 0) is 29.7 Å². The second-order valence-electron chi connectivity index (χ2n) is 6.67. The van der Waals surface area contributed by atoms with Crippen molar-refractivity contribution >= 4 is 10.9 Å². The first-order valence-corrected chi connectivity index (χ1v) is 8.83. The van der Waals surface area contributed by atoms with Gasteiger partial charge in [0.1, 0.15) is 24.4 Å². The summed E-state index contributed by atoms with van der Waals surface area (Å²) in [4.78, 5) is 0. The molecular weight excluding hydrogens is 369 g/mol. The fraction of sp³-hybridized carbons (Fsp3) is 0.300. The number of halogens is 1. The normalized spacial score (nSPS) is 27.8. The quantitative estimate of drug-likeness (QED) is 0.530. The van der Waals surface area contributed by atoms with Crippen molar-refractivity contribution < 1.29 is 34.3 Å². The van der Waals surface area contributed by atoms with Gasteiger partial charge in [0.15, 0.2) is 11.6 Å². The Kier molecular flexibility index (Phi) is 5.05. The predicted molar refractivity (Wildman–Crippen MR) is 97.6 cm³/mol. The van der Waals surface area contributed by atoms with E-state index in [4.69, 9.17) is 9.47 Å². The average molecular weight is 389 g/mol. The first-order chi connectivity index (χ1) is 13.5. The Morgan fingerprint density at radius 3 is 2.54 bits per heavy atom. The van der Waals surface area contributed by atoms with Crippen LogP contribution in [-0.2, 0) is 4.74 Å². The summed E-state index contributed by atoms with van der Waals surface area (Å²) < 4.78 is 27.1. The third kappa shape index (κ3) is 3.25. The lowest BCUT2D eigenvalue weighted by molar-refractivity contribution is -0.277. The molecule has 5 atom stereocenters. The van der Waals surface area contributed by atoms with Crippen LogP contribution in [0.15, 0.2) is 54.7 Å². The third-order valence-corrected chi connectivity index (χ3v) is 4.88. The summed E-state index contributed by atoms with van der Waals surface area (Å²) in [6.07, 6.45) is -5.44. The highest BCUT2D eigenvalue weighted by Gasteiger charge is 2.44. The smallest absolute Gasteiger partial charge is 0.229 e. The molecule has 1 aromatic heterocycles. The van der Waals surface area contributed by atoms with Crippen LogP contribution in [0.2, 0.25) is 0 Å². The number of hydrogen-bond acceptors (Lipinski definition) is 6.